The van der Waals surface area contributed by atoms with Crippen LogP contribution in [0.25, 0.3) is 16.9 Å². The third kappa shape index (κ3) is 5.43. The van der Waals surface area contributed by atoms with Gasteiger partial charge in [0.05, 0.1) is 22.4 Å². The number of likely N-dealkylation sites (tertiary alicyclic amines) is 1. The van der Waals surface area contributed by atoms with Gasteiger partial charge in [0.1, 0.15) is 29.8 Å². The highest BCUT2D eigenvalue weighted by Gasteiger charge is 2.39. The molecule has 4 aromatic rings. The summed E-state index contributed by atoms with van der Waals surface area (Å²) in [5.74, 6) is -1.63. The molecule has 42 heavy (non-hydrogen) atoms. The molecular formula is C32H29F3N4O2S. The van der Waals surface area contributed by atoms with E-state index in [0.29, 0.717) is 47.3 Å². The quantitative estimate of drug-likeness (QED) is 0.271. The molecule has 3 aromatic carbocycles. The second-order valence-corrected chi connectivity index (χ2v) is 11.8. The van der Waals surface area contributed by atoms with E-state index in [1.165, 1.54) is 45.6 Å². The molecule has 0 spiro atoms. The highest BCUT2D eigenvalue weighted by molar-refractivity contribution is 8.00. The number of benzene rings is 3. The topological polar surface area (TPSA) is 58.4 Å². The number of halogens is 3. The van der Waals surface area contributed by atoms with Gasteiger partial charge >= 0.3 is 0 Å². The summed E-state index contributed by atoms with van der Waals surface area (Å²) >= 11 is 1.20. The van der Waals surface area contributed by atoms with Gasteiger partial charge in [-0.1, -0.05) is 43.3 Å². The average molecular weight is 591 g/mol. The Bertz CT molecular complexity index is 1620. The van der Waals surface area contributed by atoms with E-state index in [-0.39, 0.29) is 29.7 Å². The van der Waals surface area contributed by atoms with E-state index < -0.39 is 22.7 Å². The Morgan fingerprint density at radius 1 is 0.952 bits per heavy atom. The minimum Gasteiger partial charge on any atom is -0.341 e. The summed E-state index contributed by atoms with van der Waals surface area (Å²) in [6, 6.07) is 18.3. The summed E-state index contributed by atoms with van der Waals surface area (Å²) in [7, 11) is 0. The Kier molecular flexibility index (Phi) is 7.81. The van der Waals surface area contributed by atoms with Crippen molar-refractivity contribution in [3.63, 3.8) is 0 Å². The van der Waals surface area contributed by atoms with Crippen molar-refractivity contribution in [3.05, 3.63) is 101 Å². The largest absolute Gasteiger partial charge is 0.341 e. The third-order valence-electron chi connectivity index (χ3n) is 7.88. The fourth-order valence-electron chi connectivity index (χ4n) is 5.54. The SMILES string of the molecule is CC1CCN(C(=O)CN2C(=O)CS[C@H](c3ccc(F)cc3F)c3c(-c4ccccc4)nn(-c4ccc(F)cc4)c32)CC1. The Morgan fingerprint density at radius 2 is 1.64 bits per heavy atom. The number of carbonyl (C=O) groups is 2. The maximum Gasteiger partial charge on any atom is 0.242 e. The molecular weight excluding hydrogens is 561 g/mol. The van der Waals surface area contributed by atoms with Gasteiger partial charge in [-0.05, 0) is 49.1 Å². The number of nitrogens with zero attached hydrogens (tertiary/aromatic N) is 4. The third-order valence-corrected chi connectivity index (χ3v) is 9.12. The minimum atomic E-state index is -0.745. The van der Waals surface area contributed by atoms with Gasteiger partial charge in [-0.3, -0.25) is 14.5 Å². The predicted molar refractivity (Wildman–Crippen MR) is 157 cm³/mol. The molecule has 1 saturated heterocycles. The number of piperidine rings is 1. The zero-order chi connectivity index (χ0) is 29.4. The molecule has 6 rings (SSSR count). The van der Waals surface area contributed by atoms with E-state index in [1.807, 2.05) is 30.3 Å². The fraction of sp³-hybridized carbons (Fsp3) is 0.281. The van der Waals surface area contributed by atoms with Crippen LogP contribution in [0.5, 0.6) is 0 Å². The van der Waals surface area contributed by atoms with E-state index >= 15 is 4.39 Å². The monoisotopic (exact) mass is 590 g/mol. The maximum atomic E-state index is 15.4. The molecule has 1 aromatic heterocycles. The Morgan fingerprint density at radius 3 is 2.33 bits per heavy atom. The van der Waals surface area contributed by atoms with Crippen LogP contribution >= 0.6 is 11.8 Å². The molecule has 6 nitrogen and oxygen atoms in total. The van der Waals surface area contributed by atoms with Crippen molar-refractivity contribution in [1.29, 1.82) is 0 Å². The summed E-state index contributed by atoms with van der Waals surface area (Å²) in [4.78, 5) is 30.6. The van der Waals surface area contributed by atoms with Gasteiger partial charge in [-0.15, -0.1) is 11.8 Å². The van der Waals surface area contributed by atoms with Gasteiger partial charge in [0.15, 0.2) is 0 Å². The van der Waals surface area contributed by atoms with Crippen molar-refractivity contribution < 1.29 is 22.8 Å². The molecule has 2 aliphatic heterocycles. The number of rotatable bonds is 5. The van der Waals surface area contributed by atoms with Crippen LogP contribution in [0.2, 0.25) is 0 Å². The van der Waals surface area contributed by atoms with Crippen LogP contribution in [0.3, 0.4) is 0 Å². The van der Waals surface area contributed by atoms with Crippen LogP contribution in [0, 0.1) is 23.4 Å². The van der Waals surface area contributed by atoms with Crippen molar-refractivity contribution in [2.24, 2.45) is 5.92 Å². The molecule has 0 aliphatic carbocycles. The molecule has 0 unspecified atom stereocenters. The minimum absolute atomic E-state index is 0.0435. The van der Waals surface area contributed by atoms with Crippen LogP contribution in [-0.2, 0) is 9.59 Å². The van der Waals surface area contributed by atoms with Gasteiger partial charge in [0.2, 0.25) is 11.8 Å². The lowest BCUT2D eigenvalue weighted by Gasteiger charge is -2.32. The number of anilines is 1. The van der Waals surface area contributed by atoms with Gasteiger partial charge in [0.25, 0.3) is 0 Å². The van der Waals surface area contributed by atoms with Crippen LogP contribution < -0.4 is 4.90 Å². The summed E-state index contributed by atoms with van der Waals surface area (Å²) in [5.41, 5.74) is 2.39. The zero-order valence-electron chi connectivity index (χ0n) is 23.0. The molecule has 0 saturated carbocycles. The standard InChI is InChI=1S/C32H29F3N4O2S/c1-20-13-15-37(16-14-20)27(40)18-38-28(41)19-42-31(25-12-9-23(34)17-26(25)35)29-30(21-5-3-2-4-6-21)36-39(32(29)38)24-10-7-22(33)8-11-24/h2-12,17,20,31H,13-16,18-19H2,1H3/t31-/m1/s1. The van der Waals surface area contributed by atoms with Crippen LogP contribution in [0.1, 0.15) is 36.1 Å². The summed E-state index contributed by atoms with van der Waals surface area (Å²) in [6.45, 7) is 3.16. The number of thioether (sulfide) groups is 1. The summed E-state index contributed by atoms with van der Waals surface area (Å²) in [6.07, 6.45) is 1.77. The van der Waals surface area contributed by atoms with E-state index in [9.17, 15) is 18.4 Å². The highest BCUT2D eigenvalue weighted by Crippen LogP contribution is 2.49. The zero-order valence-corrected chi connectivity index (χ0v) is 23.8. The van der Waals surface area contributed by atoms with E-state index in [0.717, 1.165) is 18.9 Å². The van der Waals surface area contributed by atoms with E-state index in [1.54, 1.807) is 17.0 Å². The number of fused-ring (bicyclic) bond motifs is 1. The Labute approximate surface area is 246 Å². The lowest BCUT2D eigenvalue weighted by molar-refractivity contribution is -0.132. The molecule has 0 N–H and O–H groups in total. The van der Waals surface area contributed by atoms with Crippen molar-refractivity contribution in [2.75, 3.05) is 30.3 Å². The number of amides is 2. The molecule has 10 heteroatoms. The van der Waals surface area contributed by atoms with Crippen molar-refractivity contribution in [1.82, 2.24) is 14.7 Å². The first-order valence-corrected chi connectivity index (χ1v) is 14.9. The second-order valence-electron chi connectivity index (χ2n) is 10.7. The molecule has 0 bridgehead atoms. The normalized spacial score (nSPS) is 17.7. The lowest BCUT2D eigenvalue weighted by atomic mass is 9.98. The number of aromatic nitrogens is 2. The summed E-state index contributed by atoms with van der Waals surface area (Å²) < 4.78 is 44.8. The first kappa shape index (κ1) is 28.1. The molecule has 0 radical (unpaired) electrons. The fourth-order valence-corrected chi connectivity index (χ4v) is 6.76. The first-order chi connectivity index (χ1) is 20.3. The Hall–Kier alpha value is -4.05. The van der Waals surface area contributed by atoms with Crippen LogP contribution in [-0.4, -0.2) is 51.9 Å². The Balaban J connectivity index is 1.57. The van der Waals surface area contributed by atoms with Gasteiger partial charge < -0.3 is 4.90 Å². The maximum absolute atomic E-state index is 15.4. The molecule has 1 fully saturated rings. The van der Waals surface area contributed by atoms with Gasteiger partial charge in [-0.2, -0.15) is 5.10 Å². The highest BCUT2D eigenvalue weighted by atomic mass is 32.2. The molecule has 1 atom stereocenters. The van der Waals surface area contributed by atoms with Gasteiger partial charge in [0, 0.05) is 35.8 Å². The summed E-state index contributed by atoms with van der Waals surface area (Å²) in [5, 5.41) is 4.16. The molecule has 216 valence electrons. The van der Waals surface area contributed by atoms with Gasteiger partial charge in [-0.25, -0.2) is 17.9 Å². The second kappa shape index (κ2) is 11.7. The van der Waals surface area contributed by atoms with E-state index in [4.69, 9.17) is 5.10 Å². The number of carbonyl (C=O) groups excluding carboxylic acids is 2. The molecule has 2 aliphatic rings. The first-order valence-electron chi connectivity index (χ1n) is 13.9. The van der Waals surface area contributed by atoms with Crippen molar-refractivity contribution >= 4 is 29.4 Å². The van der Waals surface area contributed by atoms with Crippen molar-refractivity contribution in [2.45, 2.75) is 25.0 Å². The number of hydrogen-bond acceptors (Lipinski definition) is 4. The van der Waals surface area contributed by atoms with Crippen LogP contribution in [0.15, 0.2) is 72.8 Å². The van der Waals surface area contributed by atoms with Crippen molar-refractivity contribution in [3.8, 4) is 16.9 Å². The van der Waals surface area contributed by atoms with Crippen LogP contribution in [0.4, 0.5) is 19.0 Å². The average Bonchev–Trinajstić information content (AvgIpc) is 3.31. The smallest absolute Gasteiger partial charge is 0.242 e. The predicted octanol–water partition coefficient (Wildman–Crippen LogP) is 6.38. The lowest BCUT2D eigenvalue weighted by Crippen LogP contribution is -2.46. The molecule has 3 heterocycles. The number of hydrogen-bond donors (Lipinski definition) is 0. The van der Waals surface area contributed by atoms with E-state index in [2.05, 4.69) is 6.92 Å². The molecule has 2 amide bonds.